The number of amides is 1. The van der Waals surface area contributed by atoms with Crippen LogP contribution in [0.1, 0.15) is 10.4 Å². The van der Waals surface area contributed by atoms with Crippen molar-refractivity contribution in [3.05, 3.63) is 58.6 Å². The highest BCUT2D eigenvalue weighted by Gasteiger charge is 2.04. The van der Waals surface area contributed by atoms with Gasteiger partial charge in [-0.05, 0) is 30.3 Å². The monoisotopic (exact) mass is 349 g/mol. The van der Waals surface area contributed by atoms with Crippen molar-refractivity contribution >= 4 is 45.6 Å². The SMILES string of the molecule is O=Cc1ccc(SCC(=O)Nc2cccc(Br)c2)cc1. The number of hydrogen-bond donors (Lipinski definition) is 1. The second-order valence-corrected chi connectivity index (χ2v) is 6.00. The topological polar surface area (TPSA) is 46.2 Å². The van der Waals surface area contributed by atoms with Gasteiger partial charge in [0.05, 0.1) is 5.75 Å². The predicted octanol–water partition coefficient (Wildman–Crippen LogP) is 3.99. The highest BCUT2D eigenvalue weighted by molar-refractivity contribution is 9.10. The first kappa shape index (κ1) is 14.8. The minimum absolute atomic E-state index is 0.0624. The summed E-state index contributed by atoms with van der Waals surface area (Å²) in [5.41, 5.74) is 1.40. The van der Waals surface area contributed by atoms with Crippen molar-refractivity contribution in [1.29, 1.82) is 0 Å². The Morgan fingerprint density at radius 3 is 2.60 bits per heavy atom. The fourth-order valence-corrected chi connectivity index (χ4v) is 2.65. The standard InChI is InChI=1S/C15H12BrNO2S/c16-12-2-1-3-13(8-12)17-15(19)10-20-14-6-4-11(9-18)5-7-14/h1-9H,10H2,(H,17,19). The maximum Gasteiger partial charge on any atom is 0.234 e. The van der Waals surface area contributed by atoms with Crippen LogP contribution in [0.5, 0.6) is 0 Å². The zero-order valence-corrected chi connectivity index (χ0v) is 12.9. The van der Waals surface area contributed by atoms with Gasteiger partial charge >= 0.3 is 0 Å². The molecule has 20 heavy (non-hydrogen) atoms. The van der Waals surface area contributed by atoms with E-state index in [1.807, 2.05) is 36.4 Å². The van der Waals surface area contributed by atoms with E-state index in [-0.39, 0.29) is 5.91 Å². The maximum atomic E-state index is 11.8. The van der Waals surface area contributed by atoms with Crippen molar-refractivity contribution in [3.8, 4) is 0 Å². The summed E-state index contributed by atoms with van der Waals surface area (Å²) >= 11 is 4.79. The molecule has 1 amide bonds. The molecule has 0 aliphatic heterocycles. The molecule has 0 atom stereocenters. The van der Waals surface area contributed by atoms with E-state index in [0.29, 0.717) is 11.3 Å². The normalized spacial score (nSPS) is 10.1. The van der Waals surface area contributed by atoms with E-state index < -0.39 is 0 Å². The molecule has 0 aromatic heterocycles. The van der Waals surface area contributed by atoms with Crippen LogP contribution in [0.15, 0.2) is 57.9 Å². The fraction of sp³-hybridized carbons (Fsp3) is 0.0667. The quantitative estimate of drug-likeness (QED) is 0.655. The summed E-state index contributed by atoms with van der Waals surface area (Å²) in [4.78, 5) is 23.3. The van der Waals surface area contributed by atoms with E-state index in [2.05, 4.69) is 21.2 Å². The number of rotatable bonds is 5. The van der Waals surface area contributed by atoms with Gasteiger partial charge in [-0.2, -0.15) is 0 Å². The molecule has 2 aromatic carbocycles. The first-order chi connectivity index (χ1) is 9.67. The molecule has 0 saturated heterocycles. The number of carbonyl (C=O) groups excluding carboxylic acids is 2. The smallest absolute Gasteiger partial charge is 0.234 e. The van der Waals surface area contributed by atoms with Crippen LogP contribution in [0.4, 0.5) is 5.69 Å². The van der Waals surface area contributed by atoms with Crippen molar-refractivity contribution < 1.29 is 9.59 Å². The van der Waals surface area contributed by atoms with E-state index in [9.17, 15) is 9.59 Å². The van der Waals surface area contributed by atoms with Crippen LogP contribution in [0, 0.1) is 0 Å². The van der Waals surface area contributed by atoms with Gasteiger partial charge in [-0.1, -0.05) is 34.1 Å². The molecule has 0 aliphatic rings. The average molecular weight is 350 g/mol. The van der Waals surface area contributed by atoms with Crippen LogP contribution in [0.25, 0.3) is 0 Å². The summed E-state index contributed by atoms with van der Waals surface area (Å²) in [7, 11) is 0. The molecule has 2 rings (SSSR count). The van der Waals surface area contributed by atoms with Crippen LogP contribution in [0.2, 0.25) is 0 Å². The van der Waals surface area contributed by atoms with E-state index in [0.717, 1.165) is 21.3 Å². The van der Waals surface area contributed by atoms with Gasteiger partial charge < -0.3 is 5.32 Å². The summed E-state index contributed by atoms with van der Waals surface area (Å²) < 4.78 is 0.924. The Morgan fingerprint density at radius 1 is 1.20 bits per heavy atom. The zero-order valence-electron chi connectivity index (χ0n) is 10.5. The Hall–Kier alpha value is -1.59. The molecule has 2 aromatic rings. The number of nitrogens with one attached hydrogen (secondary N) is 1. The second kappa shape index (κ2) is 7.26. The Morgan fingerprint density at radius 2 is 1.95 bits per heavy atom. The lowest BCUT2D eigenvalue weighted by atomic mass is 10.2. The van der Waals surface area contributed by atoms with Crippen molar-refractivity contribution in [2.75, 3.05) is 11.1 Å². The molecular formula is C15H12BrNO2S. The average Bonchev–Trinajstić information content (AvgIpc) is 2.46. The third-order valence-electron chi connectivity index (χ3n) is 2.49. The van der Waals surface area contributed by atoms with Gasteiger partial charge in [0.25, 0.3) is 0 Å². The summed E-state index contributed by atoms with van der Waals surface area (Å²) in [6.07, 6.45) is 0.800. The molecule has 0 unspecified atom stereocenters. The zero-order chi connectivity index (χ0) is 14.4. The molecule has 102 valence electrons. The Bertz CT molecular complexity index is 614. The summed E-state index contributed by atoms with van der Waals surface area (Å²) in [6, 6.07) is 14.6. The first-order valence-electron chi connectivity index (χ1n) is 5.91. The van der Waals surface area contributed by atoms with E-state index in [1.54, 1.807) is 12.1 Å². The van der Waals surface area contributed by atoms with Crippen molar-refractivity contribution in [2.24, 2.45) is 0 Å². The van der Waals surface area contributed by atoms with Crippen LogP contribution in [-0.2, 0) is 4.79 Å². The molecular weight excluding hydrogens is 338 g/mol. The molecule has 5 heteroatoms. The largest absolute Gasteiger partial charge is 0.325 e. The minimum Gasteiger partial charge on any atom is -0.325 e. The van der Waals surface area contributed by atoms with E-state index in [4.69, 9.17) is 0 Å². The van der Waals surface area contributed by atoms with Crippen LogP contribution < -0.4 is 5.32 Å². The number of aldehydes is 1. The lowest BCUT2D eigenvalue weighted by Gasteiger charge is -2.05. The fourth-order valence-electron chi connectivity index (χ4n) is 1.55. The van der Waals surface area contributed by atoms with E-state index >= 15 is 0 Å². The number of carbonyl (C=O) groups is 2. The van der Waals surface area contributed by atoms with Crippen LogP contribution in [0.3, 0.4) is 0 Å². The highest BCUT2D eigenvalue weighted by Crippen LogP contribution is 2.19. The van der Waals surface area contributed by atoms with Crippen molar-refractivity contribution in [3.63, 3.8) is 0 Å². The molecule has 1 N–H and O–H groups in total. The van der Waals surface area contributed by atoms with Gasteiger partial charge in [0, 0.05) is 20.6 Å². The summed E-state index contributed by atoms with van der Waals surface area (Å²) in [6.45, 7) is 0. The molecule has 0 fully saturated rings. The molecule has 0 bridgehead atoms. The van der Waals surface area contributed by atoms with Gasteiger partial charge in [-0.15, -0.1) is 11.8 Å². The van der Waals surface area contributed by atoms with Gasteiger partial charge in [0.1, 0.15) is 6.29 Å². The molecule has 0 heterocycles. The molecule has 0 radical (unpaired) electrons. The summed E-state index contributed by atoms with van der Waals surface area (Å²) in [5.74, 6) is 0.264. The molecule has 0 spiro atoms. The Balaban J connectivity index is 1.87. The third-order valence-corrected chi connectivity index (χ3v) is 4.00. The molecule has 0 aliphatic carbocycles. The van der Waals surface area contributed by atoms with Crippen molar-refractivity contribution in [1.82, 2.24) is 0 Å². The van der Waals surface area contributed by atoms with Crippen LogP contribution >= 0.6 is 27.7 Å². The number of hydrogen-bond acceptors (Lipinski definition) is 3. The van der Waals surface area contributed by atoms with Crippen molar-refractivity contribution in [2.45, 2.75) is 4.90 Å². The number of thioether (sulfide) groups is 1. The number of anilines is 1. The minimum atomic E-state index is -0.0624. The maximum absolute atomic E-state index is 11.8. The number of halogens is 1. The molecule has 3 nitrogen and oxygen atoms in total. The van der Waals surface area contributed by atoms with Gasteiger partial charge in [0.2, 0.25) is 5.91 Å². The molecule has 0 saturated carbocycles. The van der Waals surface area contributed by atoms with E-state index in [1.165, 1.54) is 11.8 Å². The van der Waals surface area contributed by atoms with Gasteiger partial charge in [-0.3, -0.25) is 9.59 Å². The Kier molecular flexibility index (Phi) is 5.38. The second-order valence-electron chi connectivity index (χ2n) is 4.03. The first-order valence-corrected chi connectivity index (χ1v) is 7.69. The van der Waals surface area contributed by atoms with Gasteiger partial charge in [-0.25, -0.2) is 0 Å². The predicted molar refractivity (Wildman–Crippen MR) is 85.3 cm³/mol. The lowest BCUT2D eigenvalue weighted by molar-refractivity contribution is -0.113. The highest BCUT2D eigenvalue weighted by atomic mass is 79.9. The van der Waals surface area contributed by atoms with Gasteiger partial charge in [0.15, 0.2) is 0 Å². The Labute approximate surface area is 129 Å². The third kappa shape index (κ3) is 4.51. The van der Waals surface area contributed by atoms with Crippen LogP contribution in [-0.4, -0.2) is 17.9 Å². The number of benzene rings is 2. The lowest BCUT2D eigenvalue weighted by Crippen LogP contribution is -2.13. The summed E-state index contributed by atoms with van der Waals surface area (Å²) in [5, 5.41) is 2.83.